The average Bonchev–Trinajstić information content (AvgIpc) is 3.12. The van der Waals surface area contributed by atoms with Gasteiger partial charge in [-0.3, -0.25) is 4.79 Å². The molecule has 1 aliphatic heterocycles. The summed E-state index contributed by atoms with van der Waals surface area (Å²) in [7, 11) is 0. The Morgan fingerprint density at radius 3 is 2.66 bits per heavy atom. The van der Waals surface area contributed by atoms with Gasteiger partial charge in [-0.05, 0) is 56.3 Å². The topological polar surface area (TPSA) is 69.8 Å². The van der Waals surface area contributed by atoms with Crippen LogP contribution in [0.5, 0.6) is 0 Å². The van der Waals surface area contributed by atoms with Gasteiger partial charge in [0.1, 0.15) is 11.3 Å². The van der Waals surface area contributed by atoms with E-state index in [0.29, 0.717) is 16.6 Å². The third-order valence-electron chi connectivity index (χ3n) is 4.97. The lowest BCUT2D eigenvalue weighted by Gasteiger charge is -2.23. The van der Waals surface area contributed by atoms with E-state index in [1.54, 1.807) is 18.2 Å². The molecule has 3 aromatic rings. The van der Waals surface area contributed by atoms with Crippen LogP contribution >= 0.6 is 11.6 Å². The molecule has 0 bridgehead atoms. The van der Waals surface area contributed by atoms with Gasteiger partial charge in [-0.1, -0.05) is 17.7 Å². The zero-order chi connectivity index (χ0) is 20.6. The number of amides is 1. The highest BCUT2D eigenvalue weighted by molar-refractivity contribution is 6.30. The monoisotopic (exact) mass is 422 g/mol. The Morgan fingerprint density at radius 2 is 1.93 bits per heavy atom. The number of carbonyl (C=O) groups excluding carboxylic acids is 1. The summed E-state index contributed by atoms with van der Waals surface area (Å²) >= 11 is 5.76. The summed E-state index contributed by atoms with van der Waals surface area (Å²) in [5.41, 5.74) is 0.136. The van der Waals surface area contributed by atoms with Gasteiger partial charge in [-0.15, -0.1) is 0 Å². The molecule has 1 saturated heterocycles. The summed E-state index contributed by atoms with van der Waals surface area (Å²) in [5.74, 6) is -0.251. The van der Waals surface area contributed by atoms with E-state index in [1.807, 2.05) is 0 Å². The van der Waals surface area contributed by atoms with Crippen molar-refractivity contribution in [3.63, 3.8) is 0 Å². The summed E-state index contributed by atoms with van der Waals surface area (Å²) in [6.07, 6.45) is -2.94. The number of hydrogen-bond acceptors (Lipinski definition) is 3. The number of benzene rings is 2. The number of rotatable bonds is 3. The van der Waals surface area contributed by atoms with Crippen molar-refractivity contribution in [1.82, 2.24) is 20.6 Å². The van der Waals surface area contributed by atoms with Crippen molar-refractivity contribution >= 4 is 28.5 Å². The van der Waals surface area contributed by atoms with Crippen LogP contribution < -0.4 is 10.6 Å². The summed E-state index contributed by atoms with van der Waals surface area (Å²) in [6, 6.07) is 8.56. The number of aromatic nitrogens is 2. The van der Waals surface area contributed by atoms with Gasteiger partial charge in [0.25, 0.3) is 5.91 Å². The molecule has 5 nitrogen and oxygen atoms in total. The predicted molar refractivity (Wildman–Crippen MR) is 105 cm³/mol. The Hall–Kier alpha value is -2.58. The number of para-hydroxylation sites is 1. The number of imidazole rings is 1. The highest BCUT2D eigenvalue weighted by Gasteiger charge is 2.35. The van der Waals surface area contributed by atoms with Crippen molar-refractivity contribution in [2.75, 3.05) is 13.1 Å². The first-order valence-corrected chi connectivity index (χ1v) is 9.58. The van der Waals surface area contributed by atoms with Gasteiger partial charge < -0.3 is 15.6 Å². The Morgan fingerprint density at radius 1 is 1.17 bits per heavy atom. The normalized spacial score (nSPS) is 15.6. The molecule has 9 heteroatoms. The van der Waals surface area contributed by atoms with E-state index in [-0.39, 0.29) is 28.4 Å². The first-order valence-electron chi connectivity index (χ1n) is 9.20. The van der Waals surface area contributed by atoms with Gasteiger partial charge >= 0.3 is 6.18 Å². The summed E-state index contributed by atoms with van der Waals surface area (Å²) in [6.45, 7) is 1.66. The van der Waals surface area contributed by atoms with Crippen molar-refractivity contribution in [2.45, 2.75) is 25.1 Å². The number of hydrogen-bond donors (Lipinski definition) is 3. The smallest absolute Gasteiger partial charge is 0.349 e. The van der Waals surface area contributed by atoms with Crippen LogP contribution in [0, 0.1) is 0 Å². The van der Waals surface area contributed by atoms with Crippen LogP contribution in [0.3, 0.4) is 0 Å². The second kappa shape index (κ2) is 7.68. The number of alkyl halides is 3. The van der Waals surface area contributed by atoms with Gasteiger partial charge in [0.2, 0.25) is 0 Å². The number of aromatic amines is 1. The zero-order valence-electron chi connectivity index (χ0n) is 15.2. The number of piperidine rings is 1. The Bertz CT molecular complexity index is 1060. The second-order valence-electron chi connectivity index (χ2n) is 6.97. The van der Waals surface area contributed by atoms with Crippen LogP contribution in [0.25, 0.3) is 22.4 Å². The molecule has 0 radical (unpaired) electrons. The Labute approximate surface area is 169 Å². The minimum Gasteiger partial charge on any atom is -0.349 e. The molecule has 29 heavy (non-hydrogen) atoms. The Balaban J connectivity index is 1.73. The third-order valence-corrected chi connectivity index (χ3v) is 5.21. The van der Waals surface area contributed by atoms with E-state index in [9.17, 15) is 18.0 Å². The molecule has 1 aromatic heterocycles. The molecule has 2 aromatic carbocycles. The third kappa shape index (κ3) is 4.09. The minimum atomic E-state index is -4.59. The van der Waals surface area contributed by atoms with Crippen LogP contribution in [-0.2, 0) is 6.18 Å². The van der Waals surface area contributed by atoms with Crippen LogP contribution in [0.15, 0.2) is 36.4 Å². The lowest BCUT2D eigenvalue weighted by molar-refractivity contribution is -0.137. The maximum absolute atomic E-state index is 13.5. The maximum atomic E-state index is 13.5. The van der Waals surface area contributed by atoms with Crippen molar-refractivity contribution in [1.29, 1.82) is 0 Å². The summed E-state index contributed by atoms with van der Waals surface area (Å²) < 4.78 is 40.4. The SMILES string of the molecule is O=C(NC1CCNCC1)c1cccc2[nH]c(-c3ccc(Cl)cc3C(F)(F)F)nc12. The van der Waals surface area contributed by atoms with E-state index >= 15 is 0 Å². The van der Waals surface area contributed by atoms with E-state index in [2.05, 4.69) is 20.6 Å². The number of H-pyrrole nitrogens is 1. The molecule has 1 amide bonds. The largest absolute Gasteiger partial charge is 0.417 e. The molecule has 2 heterocycles. The van der Waals surface area contributed by atoms with Crippen molar-refractivity contribution in [3.8, 4) is 11.4 Å². The number of fused-ring (bicyclic) bond motifs is 1. The van der Waals surface area contributed by atoms with Gasteiger partial charge in [-0.2, -0.15) is 13.2 Å². The van der Waals surface area contributed by atoms with E-state index < -0.39 is 11.7 Å². The van der Waals surface area contributed by atoms with Gasteiger partial charge in [0.05, 0.1) is 16.6 Å². The van der Waals surface area contributed by atoms with Crippen molar-refractivity contribution in [2.24, 2.45) is 0 Å². The predicted octanol–water partition coefficient (Wildman–Crippen LogP) is 4.38. The van der Waals surface area contributed by atoms with E-state index in [1.165, 1.54) is 12.1 Å². The zero-order valence-corrected chi connectivity index (χ0v) is 16.0. The lowest BCUT2D eigenvalue weighted by atomic mass is 10.1. The quantitative estimate of drug-likeness (QED) is 0.586. The van der Waals surface area contributed by atoms with Crippen LogP contribution in [-0.4, -0.2) is 35.0 Å². The van der Waals surface area contributed by atoms with Gasteiger partial charge in [0, 0.05) is 16.6 Å². The molecule has 152 valence electrons. The van der Waals surface area contributed by atoms with Crippen molar-refractivity contribution in [3.05, 3.63) is 52.5 Å². The molecular weight excluding hydrogens is 405 g/mol. The highest BCUT2D eigenvalue weighted by atomic mass is 35.5. The first-order chi connectivity index (χ1) is 13.8. The van der Waals surface area contributed by atoms with Gasteiger partial charge in [-0.25, -0.2) is 4.98 Å². The fourth-order valence-corrected chi connectivity index (χ4v) is 3.70. The molecule has 1 fully saturated rings. The molecule has 3 N–H and O–H groups in total. The molecular formula is C20H18ClF3N4O. The summed E-state index contributed by atoms with van der Waals surface area (Å²) in [5, 5.41) is 6.20. The van der Waals surface area contributed by atoms with Crippen LogP contribution in [0.2, 0.25) is 5.02 Å². The first kappa shape index (κ1) is 19.7. The Kier molecular flexibility index (Phi) is 5.23. The maximum Gasteiger partial charge on any atom is 0.417 e. The van der Waals surface area contributed by atoms with Crippen molar-refractivity contribution < 1.29 is 18.0 Å². The highest BCUT2D eigenvalue weighted by Crippen LogP contribution is 2.38. The van der Waals surface area contributed by atoms with Crippen LogP contribution in [0.1, 0.15) is 28.8 Å². The molecule has 0 atom stereocenters. The second-order valence-corrected chi connectivity index (χ2v) is 7.41. The number of halogens is 4. The fourth-order valence-electron chi connectivity index (χ4n) is 3.53. The molecule has 4 rings (SSSR count). The molecule has 1 aliphatic rings. The van der Waals surface area contributed by atoms with Gasteiger partial charge in [0.15, 0.2) is 0 Å². The van der Waals surface area contributed by atoms with E-state index in [4.69, 9.17) is 11.6 Å². The average molecular weight is 423 g/mol. The minimum absolute atomic E-state index is 0.0146. The molecule has 0 spiro atoms. The number of carbonyl (C=O) groups is 1. The molecule has 0 unspecified atom stereocenters. The number of nitrogens with zero attached hydrogens (tertiary/aromatic N) is 1. The van der Waals surface area contributed by atoms with Crippen LogP contribution in [0.4, 0.5) is 13.2 Å². The standard InChI is InChI=1S/C20H18ClF3N4O/c21-11-4-5-13(15(10-11)20(22,23)24)18-27-16-3-1-2-14(17(16)28-18)19(29)26-12-6-8-25-9-7-12/h1-5,10,12,25H,6-9H2,(H,26,29)(H,27,28). The summed E-state index contributed by atoms with van der Waals surface area (Å²) in [4.78, 5) is 20.0. The lowest BCUT2D eigenvalue weighted by Crippen LogP contribution is -2.42. The van der Waals surface area contributed by atoms with E-state index in [0.717, 1.165) is 32.0 Å². The molecule has 0 saturated carbocycles. The fraction of sp³-hybridized carbons (Fsp3) is 0.300. The molecule has 0 aliphatic carbocycles. The number of nitrogens with one attached hydrogen (secondary N) is 3.